The third-order valence-electron chi connectivity index (χ3n) is 5.14. The highest BCUT2D eigenvalue weighted by atomic mass is 16.5. The average molecular weight is 372 g/mol. The third kappa shape index (κ3) is 4.12. The summed E-state index contributed by atoms with van der Waals surface area (Å²) in [5.74, 6) is 0.186. The van der Waals surface area contributed by atoms with E-state index in [1.165, 1.54) is 0 Å². The van der Waals surface area contributed by atoms with Gasteiger partial charge < -0.3 is 19.4 Å². The van der Waals surface area contributed by atoms with E-state index < -0.39 is 0 Å². The number of rotatable bonds is 5. The SMILES string of the molecule is Cc1nc2cc(NC(=O)[C@H]3CC(=O)N(CCN4CCOCC4)C3)ccc2o1. The third-order valence-corrected chi connectivity index (χ3v) is 5.14. The summed E-state index contributed by atoms with van der Waals surface area (Å²) in [6.07, 6.45) is 0.264. The van der Waals surface area contributed by atoms with Crippen LogP contribution in [0.5, 0.6) is 0 Å². The number of hydrogen-bond acceptors (Lipinski definition) is 6. The molecule has 1 aromatic carbocycles. The predicted octanol–water partition coefficient (Wildman–Crippen LogP) is 1.26. The van der Waals surface area contributed by atoms with Gasteiger partial charge in [0.15, 0.2) is 11.5 Å². The lowest BCUT2D eigenvalue weighted by molar-refractivity contribution is -0.128. The topological polar surface area (TPSA) is 87.9 Å². The van der Waals surface area contributed by atoms with Gasteiger partial charge in [-0.3, -0.25) is 14.5 Å². The van der Waals surface area contributed by atoms with Gasteiger partial charge >= 0.3 is 0 Å². The summed E-state index contributed by atoms with van der Waals surface area (Å²) in [4.78, 5) is 33.2. The molecule has 2 amide bonds. The Labute approximate surface area is 157 Å². The molecule has 0 spiro atoms. The summed E-state index contributed by atoms with van der Waals surface area (Å²) >= 11 is 0. The first kappa shape index (κ1) is 17.9. The molecule has 0 radical (unpaired) electrons. The molecule has 2 aromatic rings. The number of carbonyl (C=O) groups excluding carboxylic acids is 2. The molecule has 8 nitrogen and oxygen atoms in total. The minimum atomic E-state index is -0.322. The van der Waals surface area contributed by atoms with Crippen LogP contribution >= 0.6 is 0 Å². The van der Waals surface area contributed by atoms with Crippen molar-refractivity contribution in [1.29, 1.82) is 0 Å². The molecule has 0 saturated carbocycles. The number of oxazole rings is 1. The van der Waals surface area contributed by atoms with Crippen LogP contribution in [0.4, 0.5) is 5.69 Å². The number of hydrogen-bond donors (Lipinski definition) is 1. The largest absolute Gasteiger partial charge is 0.441 e. The molecule has 4 rings (SSSR count). The summed E-state index contributed by atoms with van der Waals surface area (Å²) in [6.45, 7) is 7.03. The molecule has 2 fully saturated rings. The number of fused-ring (bicyclic) bond motifs is 1. The van der Waals surface area contributed by atoms with Gasteiger partial charge in [0.2, 0.25) is 11.8 Å². The molecule has 1 N–H and O–H groups in total. The Morgan fingerprint density at radius 3 is 2.93 bits per heavy atom. The molecule has 2 aliphatic rings. The van der Waals surface area contributed by atoms with Crippen molar-refractivity contribution >= 4 is 28.6 Å². The second-order valence-corrected chi connectivity index (χ2v) is 7.10. The maximum Gasteiger partial charge on any atom is 0.229 e. The Morgan fingerprint density at radius 2 is 2.11 bits per heavy atom. The molecular weight excluding hydrogens is 348 g/mol. The minimum Gasteiger partial charge on any atom is -0.441 e. The Kier molecular flexibility index (Phi) is 5.09. The molecule has 8 heteroatoms. The Bertz CT molecular complexity index is 843. The van der Waals surface area contributed by atoms with Gasteiger partial charge in [-0.05, 0) is 18.2 Å². The van der Waals surface area contributed by atoms with Crippen molar-refractivity contribution in [1.82, 2.24) is 14.8 Å². The zero-order chi connectivity index (χ0) is 18.8. The Hall–Kier alpha value is -2.45. The normalized spacial score (nSPS) is 21.1. The van der Waals surface area contributed by atoms with E-state index in [1.807, 2.05) is 0 Å². The summed E-state index contributed by atoms with van der Waals surface area (Å²) in [6, 6.07) is 5.37. The van der Waals surface area contributed by atoms with Gasteiger partial charge in [0.05, 0.1) is 19.1 Å². The zero-order valence-corrected chi connectivity index (χ0v) is 15.4. The van der Waals surface area contributed by atoms with Crippen LogP contribution in [0.15, 0.2) is 22.6 Å². The van der Waals surface area contributed by atoms with E-state index in [2.05, 4.69) is 15.2 Å². The lowest BCUT2D eigenvalue weighted by Gasteiger charge is -2.28. The van der Waals surface area contributed by atoms with Crippen LogP contribution in [-0.4, -0.2) is 72.5 Å². The Morgan fingerprint density at radius 1 is 1.30 bits per heavy atom. The number of aromatic nitrogens is 1. The van der Waals surface area contributed by atoms with Crippen molar-refractivity contribution in [3.8, 4) is 0 Å². The van der Waals surface area contributed by atoms with Crippen LogP contribution in [0.2, 0.25) is 0 Å². The first-order valence-electron chi connectivity index (χ1n) is 9.34. The predicted molar refractivity (Wildman–Crippen MR) is 99.3 cm³/mol. The second kappa shape index (κ2) is 7.66. The van der Waals surface area contributed by atoms with Crippen LogP contribution in [0.25, 0.3) is 11.1 Å². The molecule has 0 bridgehead atoms. The average Bonchev–Trinajstić information content (AvgIpc) is 3.22. The summed E-state index contributed by atoms with van der Waals surface area (Å²) in [5, 5.41) is 2.91. The monoisotopic (exact) mass is 372 g/mol. The number of nitrogens with one attached hydrogen (secondary N) is 1. The molecule has 2 saturated heterocycles. The van der Waals surface area contributed by atoms with Crippen molar-refractivity contribution in [2.45, 2.75) is 13.3 Å². The van der Waals surface area contributed by atoms with E-state index >= 15 is 0 Å². The molecular formula is C19H24N4O4. The van der Waals surface area contributed by atoms with Crippen molar-refractivity contribution in [3.05, 3.63) is 24.1 Å². The maximum atomic E-state index is 12.6. The number of anilines is 1. The van der Waals surface area contributed by atoms with Crippen LogP contribution in [-0.2, 0) is 14.3 Å². The molecule has 3 heterocycles. The van der Waals surface area contributed by atoms with E-state index in [0.29, 0.717) is 35.8 Å². The lowest BCUT2D eigenvalue weighted by atomic mass is 10.1. The number of carbonyl (C=O) groups is 2. The van der Waals surface area contributed by atoms with E-state index in [0.717, 1.165) is 32.8 Å². The highest BCUT2D eigenvalue weighted by Gasteiger charge is 2.34. The smallest absolute Gasteiger partial charge is 0.229 e. The molecule has 1 atom stereocenters. The molecule has 0 aliphatic carbocycles. The number of nitrogens with zero attached hydrogens (tertiary/aromatic N) is 3. The summed E-state index contributed by atoms with van der Waals surface area (Å²) < 4.78 is 10.8. The molecule has 27 heavy (non-hydrogen) atoms. The first-order chi connectivity index (χ1) is 13.1. The number of morpholine rings is 1. The first-order valence-corrected chi connectivity index (χ1v) is 9.34. The fraction of sp³-hybridized carbons (Fsp3) is 0.526. The number of likely N-dealkylation sites (tertiary alicyclic amines) is 1. The van der Waals surface area contributed by atoms with E-state index in [1.54, 1.807) is 30.0 Å². The Balaban J connectivity index is 1.32. The van der Waals surface area contributed by atoms with Gasteiger partial charge in [-0.15, -0.1) is 0 Å². The van der Waals surface area contributed by atoms with E-state index in [-0.39, 0.29) is 24.2 Å². The number of amides is 2. The molecule has 0 unspecified atom stereocenters. The van der Waals surface area contributed by atoms with Crippen LogP contribution < -0.4 is 5.32 Å². The summed E-state index contributed by atoms with van der Waals surface area (Å²) in [5.41, 5.74) is 2.07. The molecule has 2 aliphatic heterocycles. The van der Waals surface area contributed by atoms with Gasteiger partial charge in [0.25, 0.3) is 0 Å². The van der Waals surface area contributed by atoms with Gasteiger partial charge in [-0.2, -0.15) is 0 Å². The van der Waals surface area contributed by atoms with E-state index in [4.69, 9.17) is 9.15 Å². The fourth-order valence-electron chi connectivity index (χ4n) is 3.62. The van der Waals surface area contributed by atoms with Gasteiger partial charge in [0, 0.05) is 51.8 Å². The number of ether oxygens (including phenoxy) is 1. The van der Waals surface area contributed by atoms with Crippen molar-refractivity contribution < 1.29 is 18.7 Å². The zero-order valence-electron chi connectivity index (χ0n) is 15.4. The minimum absolute atomic E-state index is 0.0472. The van der Waals surface area contributed by atoms with Gasteiger partial charge in [-0.1, -0.05) is 0 Å². The van der Waals surface area contributed by atoms with Gasteiger partial charge in [0.1, 0.15) is 5.52 Å². The van der Waals surface area contributed by atoms with Gasteiger partial charge in [-0.25, -0.2) is 4.98 Å². The fourth-order valence-corrected chi connectivity index (χ4v) is 3.62. The number of benzene rings is 1. The number of aryl methyl sites for hydroxylation is 1. The standard InChI is InChI=1S/C19H24N4O4/c1-13-20-16-11-15(2-3-17(16)27-13)21-19(25)14-10-18(24)23(12-14)5-4-22-6-8-26-9-7-22/h2-3,11,14H,4-10,12H2,1H3,(H,21,25)/t14-/m0/s1. The van der Waals surface area contributed by atoms with Crippen molar-refractivity contribution in [3.63, 3.8) is 0 Å². The summed E-state index contributed by atoms with van der Waals surface area (Å²) in [7, 11) is 0. The maximum absolute atomic E-state index is 12.6. The quantitative estimate of drug-likeness (QED) is 0.850. The van der Waals surface area contributed by atoms with Crippen LogP contribution in [0, 0.1) is 12.8 Å². The van der Waals surface area contributed by atoms with Crippen molar-refractivity contribution in [2.24, 2.45) is 5.92 Å². The highest BCUT2D eigenvalue weighted by molar-refractivity contribution is 5.98. The van der Waals surface area contributed by atoms with E-state index in [9.17, 15) is 9.59 Å². The van der Waals surface area contributed by atoms with Crippen molar-refractivity contribution in [2.75, 3.05) is 51.3 Å². The lowest BCUT2D eigenvalue weighted by Crippen LogP contribution is -2.42. The molecule has 144 valence electrons. The van der Waals surface area contributed by atoms with Crippen LogP contribution in [0.3, 0.4) is 0 Å². The molecule has 1 aromatic heterocycles. The highest BCUT2D eigenvalue weighted by Crippen LogP contribution is 2.23. The second-order valence-electron chi connectivity index (χ2n) is 7.10. The van der Waals surface area contributed by atoms with Crippen LogP contribution in [0.1, 0.15) is 12.3 Å².